The standard InChI is InChI=1S/C18H21F3N4O2S/c1-11(2)25-16(18(19,20)21)12(9-22-25)17(27)24(3)10-15(26)23-13-7-5-6-8-14(13)28-4/h5-9,11H,10H2,1-4H3,(H,23,26). The van der Waals surface area contributed by atoms with Crippen molar-refractivity contribution in [3.05, 3.63) is 41.7 Å². The highest BCUT2D eigenvalue weighted by Gasteiger charge is 2.41. The number of carbonyl (C=O) groups excluding carboxylic acids is 2. The van der Waals surface area contributed by atoms with Crippen molar-refractivity contribution in [1.29, 1.82) is 0 Å². The Hall–Kier alpha value is -2.49. The van der Waals surface area contributed by atoms with Crippen LogP contribution in [0.2, 0.25) is 0 Å². The highest BCUT2D eigenvalue weighted by molar-refractivity contribution is 7.98. The van der Waals surface area contributed by atoms with Gasteiger partial charge in [-0.05, 0) is 32.2 Å². The van der Waals surface area contributed by atoms with Gasteiger partial charge in [0.2, 0.25) is 5.91 Å². The van der Waals surface area contributed by atoms with E-state index in [0.717, 1.165) is 20.7 Å². The molecule has 1 heterocycles. The summed E-state index contributed by atoms with van der Waals surface area (Å²) in [5.41, 5.74) is -1.13. The highest BCUT2D eigenvalue weighted by Crippen LogP contribution is 2.34. The van der Waals surface area contributed by atoms with E-state index in [2.05, 4.69) is 10.4 Å². The molecule has 10 heteroatoms. The second-order valence-electron chi connectivity index (χ2n) is 6.35. The number of carbonyl (C=O) groups is 2. The third-order valence-electron chi connectivity index (χ3n) is 3.89. The van der Waals surface area contributed by atoms with Crippen LogP contribution in [0, 0.1) is 0 Å². The van der Waals surface area contributed by atoms with Gasteiger partial charge in [0, 0.05) is 18.0 Å². The Morgan fingerprint density at radius 3 is 2.50 bits per heavy atom. The molecular formula is C18H21F3N4O2S. The number of para-hydroxylation sites is 1. The molecular weight excluding hydrogens is 393 g/mol. The van der Waals surface area contributed by atoms with Crippen molar-refractivity contribution in [3.63, 3.8) is 0 Å². The molecule has 2 amide bonds. The highest BCUT2D eigenvalue weighted by atomic mass is 32.2. The van der Waals surface area contributed by atoms with E-state index < -0.39 is 41.8 Å². The van der Waals surface area contributed by atoms with Crippen molar-refractivity contribution in [2.45, 2.75) is 31.0 Å². The molecule has 0 radical (unpaired) electrons. The number of thioether (sulfide) groups is 1. The number of rotatable bonds is 6. The van der Waals surface area contributed by atoms with Crippen LogP contribution < -0.4 is 5.32 Å². The number of nitrogens with one attached hydrogen (secondary N) is 1. The smallest absolute Gasteiger partial charge is 0.332 e. The number of hydrogen-bond donors (Lipinski definition) is 1. The topological polar surface area (TPSA) is 67.2 Å². The number of amides is 2. The summed E-state index contributed by atoms with van der Waals surface area (Å²) >= 11 is 1.44. The van der Waals surface area contributed by atoms with Crippen LogP contribution in [-0.2, 0) is 11.0 Å². The number of likely N-dealkylation sites (N-methyl/N-ethyl adjacent to an activating group) is 1. The van der Waals surface area contributed by atoms with Gasteiger partial charge in [0.25, 0.3) is 5.91 Å². The van der Waals surface area contributed by atoms with Gasteiger partial charge in [0.15, 0.2) is 5.69 Å². The lowest BCUT2D eigenvalue weighted by atomic mass is 10.2. The predicted molar refractivity (Wildman–Crippen MR) is 101 cm³/mol. The first-order chi connectivity index (χ1) is 13.1. The van der Waals surface area contributed by atoms with Gasteiger partial charge < -0.3 is 10.2 Å². The fourth-order valence-corrected chi connectivity index (χ4v) is 3.18. The maximum atomic E-state index is 13.4. The van der Waals surface area contributed by atoms with Crippen molar-refractivity contribution in [2.24, 2.45) is 0 Å². The van der Waals surface area contributed by atoms with E-state index in [1.807, 2.05) is 18.4 Å². The summed E-state index contributed by atoms with van der Waals surface area (Å²) in [7, 11) is 1.27. The Morgan fingerprint density at radius 2 is 1.93 bits per heavy atom. The molecule has 0 unspecified atom stereocenters. The number of alkyl halides is 3. The van der Waals surface area contributed by atoms with Crippen LogP contribution in [0.5, 0.6) is 0 Å². The van der Waals surface area contributed by atoms with Crippen molar-refractivity contribution in [1.82, 2.24) is 14.7 Å². The molecule has 0 aliphatic heterocycles. The Morgan fingerprint density at radius 1 is 1.29 bits per heavy atom. The molecule has 0 aliphatic carbocycles. The lowest BCUT2D eigenvalue weighted by Gasteiger charge is -2.19. The quantitative estimate of drug-likeness (QED) is 0.728. The number of halogens is 3. The zero-order valence-electron chi connectivity index (χ0n) is 15.9. The normalized spacial score (nSPS) is 11.6. The molecule has 28 heavy (non-hydrogen) atoms. The van der Waals surface area contributed by atoms with Gasteiger partial charge in [0.05, 0.1) is 24.0 Å². The first-order valence-electron chi connectivity index (χ1n) is 8.39. The molecule has 6 nitrogen and oxygen atoms in total. The molecule has 0 saturated carbocycles. The van der Waals surface area contributed by atoms with E-state index in [-0.39, 0.29) is 0 Å². The molecule has 1 aromatic heterocycles. The second-order valence-corrected chi connectivity index (χ2v) is 7.20. The van der Waals surface area contributed by atoms with Crippen LogP contribution in [0.3, 0.4) is 0 Å². The summed E-state index contributed by atoms with van der Waals surface area (Å²) in [6.45, 7) is 2.68. The minimum absolute atomic E-state index is 0.397. The van der Waals surface area contributed by atoms with E-state index in [1.165, 1.54) is 32.7 Å². The summed E-state index contributed by atoms with van der Waals surface area (Å²) in [6.07, 6.45) is -2.00. The largest absolute Gasteiger partial charge is 0.433 e. The maximum absolute atomic E-state index is 13.4. The molecule has 1 aromatic carbocycles. The van der Waals surface area contributed by atoms with Gasteiger partial charge in [-0.25, -0.2) is 0 Å². The first-order valence-corrected chi connectivity index (χ1v) is 9.61. The number of benzene rings is 1. The summed E-state index contributed by atoms with van der Waals surface area (Å²) in [6, 6.07) is 6.53. The molecule has 152 valence electrons. The van der Waals surface area contributed by atoms with Crippen molar-refractivity contribution < 1.29 is 22.8 Å². The Kier molecular flexibility index (Phi) is 6.76. The number of hydrogen-bond acceptors (Lipinski definition) is 4. The van der Waals surface area contributed by atoms with E-state index in [1.54, 1.807) is 12.1 Å². The average Bonchev–Trinajstić information content (AvgIpc) is 3.07. The number of anilines is 1. The van der Waals surface area contributed by atoms with Crippen LogP contribution in [0.4, 0.5) is 18.9 Å². The van der Waals surface area contributed by atoms with Crippen LogP contribution in [0.1, 0.15) is 35.9 Å². The average molecular weight is 414 g/mol. The molecule has 0 spiro atoms. The van der Waals surface area contributed by atoms with Gasteiger partial charge in [-0.15, -0.1) is 11.8 Å². The molecule has 0 bridgehead atoms. The van der Waals surface area contributed by atoms with Gasteiger partial charge in [-0.2, -0.15) is 18.3 Å². The molecule has 0 atom stereocenters. The van der Waals surface area contributed by atoms with E-state index in [9.17, 15) is 22.8 Å². The molecule has 0 fully saturated rings. The minimum Gasteiger partial charge on any atom is -0.332 e. The van der Waals surface area contributed by atoms with Crippen LogP contribution in [0.15, 0.2) is 35.4 Å². The fraction of sp³-hybridized carbons (Fsp3) is 0.389. The van der Waals surface area contributed by atoms with E-state index in [4.69, 9.17) is 0 Å². The Labute approximate surface area is 165 Å². The number of nitrogens with zero attached hydrogens (tertiary/aromatic N) is 3. The molecule has 0 aliphatic rings. The van der Waals surface area contributed by atoms with Gasteiger partial charge >= 0.3 is 6.18 Å². The number of aromatic nitrogens is 2. The van der Waals surface area contributed by atoms with Gasteiger partial charge in [-0.3, -0.25) is 14.3 Å². The van der Waals surface area contributed by atoms with Crippen LogP contribution in [0.25, 0.3) is 0 Å². The Balaban J connectivity index is 2.18. The van der Waals surface area contributed by atoms with E-state index >= 15 is 0 Å². The van der Waals surface area contributed by atoms with Crippen LogP contribution in [-0.4, -0.2) is 46.3 Å². The third-order valence-corrected chi connectivity index (χ3v) is 4.69. The van der Waals surface area contributed by atoms with Gasteiger partial charge in [0.1, 0.15) is 0 Å². The molecule has 2 rings (SSSR count). The van der Waals surface area contributed by atoms with Crippen LogP contribution >= 0.6 is 11.8 Å². The van der Waals surface area contributed by atoms with Crippen molar-refractivity contribution in [2.75, 3.05) is 25.2 Å². The first kappa shape index (κ1) is 21.8. The summed E-state index contributed by atoms with van der Waals surface area (Å²) in [4.78, 5) is 26.6. The molecule has 2 aromatic rings. The zero-order chi connectivity index (χ0) is 21.1. The third kappa shape index (κ3) is 4.86. The Bertz CT molecular complexity index is 865. The maximum Gasteiger partial charge on any atom is 0.433 e. The monoisotopic (exact) mass is 414 g/mol. The molecule has 0 saturated heterocycles. The van der Waals surface area contributed by atoms with Gasteiger partial charge in [-0.1, -0.05) is 12.1 Å². The summed E-state index contributed by atoms with van der Waals surface area (Å²) < 4.78 is 41.1. The van der Waals surface area contributed by atoms with Crippen molar-refractivity contribution in [3.8, 4) is 0 Å². The predicted octanol–water partition coefficient (Wildman–Crippen LogP) is 3.92. The lowest BCUT2D eigenvalue weighted by molar-refractivity contribution is -0.145. The second kappa shape index (κ2) is 8.68. The summed E-state index contributed by atoms with van der Waals surface area (Å²) in [5, 5.41) is 6.37. The lowest BCUT2D eigenvalue weighted by Crippen LogP contribution is -2.36. The molecule has 1 N–H and O–H groups in total. The zero-order valence-corrected chi connectivity index (χ0v) is 16.7. The summed E-state index contributed by atoms with van der Waals surface area (Å²) in [5.74, 6) is -1.44. The minimum atomic E-state index is -4.74. The SMILES string of the molecule is CSc1ccccc1NC(=O)CN(C)C(=O)c1cnn(C(C)C)c1C(F)(F)F. The van der Waals surface area contributed by atoms with Crippen molar-refractivity contribution >= 4 is 29.3 Å². The fourth-order valence-electron chi connectivity index (χ4n) is 2.62. The van der Waals surface area contributed by atoms with E-state index in [0.29, 0.717) is 5.69 Å².